The van der Waals surface area contributed by atoms with Gasteiger partial charge < -0.3 is 97.5 Å². The molecule has 636 valence electrons. The van der Waals surface area contributed by atoms with Gasteiger partial charge in [-0.25, -0.2) is 23.6 Å². The molecule has 2 aromatic rings. The number of aromatic amines is 1. The first-order chi connectivity index (χ1) is 52.7. The number of methoxy groups -OCH3 is 4. The molecule has 1 aromatic heterocycles. The normalized spacial score (nSPS) is 19.2. The number of anilines is 1. The Morgan fingerprint density at radius 2 is 1.16 bits per heavy atom. The van der Waals surface area contributed by atoms with E-state index in [4.69, 9.17) is 60.3 Å². The van der Waals surface area contributed by atoms with Gasteiger partial charge in [0.2, 0.25) is 53.5 Å². The number of aromatic nitrogens is 1. The van der Waals surface area contributed by atoms with Crippen LogP contribution in [0, 0.1) is 19.7 Å². The number of imide groups is 4. The van der Waals surface area contributed by atoms with E-state index in [0.717, 1.165) is 26.6 Å². The van der Waals surface area contributed by atoms with Crippen molar-refractivity contribution in [1.82, 2.24) is 46.3 Å². The molecule has 0 radical (unpaired) electrons. The Bertz CT molecular complexity index is 3860. The molecule has 0 aliphatic carbocycles. The number of halogens is 5. The minimum absolute atomic E-state index is 0.0297. The molecule has 5 saturated heterocycles. The number of aldehydes is 1. The second-order valence-electron chi connectivity index (χ2n) is 26.8. The number of amides is 15. The van der Waals surface area contributed by atoms with Crippen LogP contribution >= 0.6 is 15.9 Å². The van der Waals surface area contributed by atoms with E-state index in [1.54, 1.807) is 68.6 Å². The number of esters is 1. The summed E-state index contributed by atoms with van der Waals surface area (Å²) in [6.45, 7) is 18.8. The van der Waals surface area contributed by atoms with Crippen LogP contribution in [0.3, 0.4) is 0 Å². The Morgan fingerprint density at radius 1 is 0.693 bits per heavy atom. The smallest absolute Gasteiger partial charge is 0.446 e. The predicted molar refractivity (Wildman–Crippen MR) is 391 cm³/mol. The summed E-state index contributed by atoms with van der Waals surface area (Å²) in [5, 5.41) is 23.4. The maximum absolute atomic E-state index is 13.7. The third kappa shape index (κ3) is 36.3. The number of alkyl halides is 4. The maximum Gasteiger partial charge on any atom is 0.446 e. The number of hydrogen-bond donors (Lipinski definition) is 12. The van der Waals surface area contributed by atoms with Crippen molar-refractivity contribution < 1.29 is 147 Å². The highest BCUT2D eigenvalue weighted by Crippen LogP contribution is 2.35. The summed E-state index contributed by atoms with van der Waals surface area (Å²) in [5.41, 5.74) is 21.7. The topological polar surface area (TPSA) is 603 Å². The van der Waals surface area contributed by atoms with Crippen LogP contribution < -0.4 is 54.8 Å². The molecule has 46 heteroatoms. The van der Waals surface area contributed by atoms with Crippen molar-refractivity contribution in [1.29, 1.82) is 0 Å². The number of cyclic esters (lactones) is 2. The number of likely N-dealkylation sites (tertiary alicyclic amines) is 3. The summed E-state index contributed by atoms with van der Waals surface area (Å²) >= 11 is 3.18. The summed E-state index contributed by atoms with van der Waals surface area (Å²) in [6.07, 6.45) is -7.04. The van der Waals surface area contributed by atoms with Gasteiger partial charge in [0, 0.05) is 70.3 Å². The molecule has 15 amide bonds. The van der Waals surface area contributed by atoms with E-state index in [1.807, 2.05) is 0 Å². The SMILES string of the molecule is CC(C)(C)OC(=O)N[C@H]1CC(=O)NC1=O.CC1(C)OC(=O)N[C@H](CC(N)=O)C(=O)O1.COCCBr.COCCN1C(=O)C[C@H](N)C1=O.COCCN1C(=O)C[C@H](NC(=O)OC(C)(C)C)C1=O.COCCN1C(=O)C[C@H](NC(=O)c2c(C)[nH]c(/C=C3\C(=O)Nc4ccc(F)cc43)c2C)C1=O.NC(=O)C[C@@H](N)C(=O)O.O=CC(F)(F)F. The number of ether oxygens (including phenoxy) is 8. The van der Waals surface area contributed by atoms with Crippen molar-refractivity contribution in [3.05, 3.63) is 52.1 Å². The van der Waals surface area contributed by atoms with Crippen molar-refractivity contribution in [3.63, 3.8) is 0 Å². The lowest BCUT2D eigenvalue weighted by molar-refractivity contribution is -0.190. The number of aliphatic carboxylic acids is 1. The maximum atomic E-state index is 13.7. The molecule has 6 atom stereocenters. The number of carbonyl (C=O) groups excluding carboxylic acids is 17. The van der Waals surface area contributed by atoms with E-state index in [9.17, 15) is 99.1 Å². The Hall–Kier alpha value is -10.9. The monoisotopic (exact) mass is 1700 g/mol. The number of fused-ring (bicyclic) bond motifs is 1. The van der Waals surface area contributed by atoms with Crippen LogP contribution in [-0.2, 0) is 105 Å². The minimum Gasteiger partial charge on any atom is -0.480 e. The van der Waals surface area contributed by atoms with E-state index in [0.29, 0.717) is 46.9 Å². The van der Waals surface area contributed by atoms with Crippen molar-refractivity contribution in [3.8, 4) is 0 Å². The molecular weight excluding hydrogens is 1600 g/mol. The average molecular weight is 1700 g/mol. The minimum atomic E-state index is -4.64. The summed E-state index contributed by atoms with van der Waals surface area (Å²) in [5.74, 6) is -9.02. The molecule has 6 aliphatic heterocycles. The Labute approximate surface area is 658 Å². The largest absolute Gasteiger partial charge is 0.480 e. The van der Waals surface area contributed by atoms with E-state index < -0.39 is 137 Å². The first-order valence-corrected chi connectivity index (χ1v) is 35.1. The number of nitrogens with one attached hydrogen (secondary N) is 7. The van der Waals surface area contributed by atoms with Crippen molar-refractivity contribution in [2.75, 3.05) is 85.1 Å². The molecule has 41 nitrogen and oxygen atoms in total. The van der Waals surface area contributed by atoms with Gasteiger partial charge in [0.1, 0.15) is 47.2 Å². The molecule has 1 aromatic carbocycles. The molecule has 114 heavy (non-hydrogen) atoms. The van der Waals surface area contributed by atoms with E-state index >= 15 is 0 Å². The number of hydrogen-bond acceptors (Lipinski definition) is 28. The van der Waals surface area contributed by atoms with Gasteiger partial charge in [0.05, 0.1) is 102 Å². The van der Waals surface area contributed by atoms with Crippen molar-refractivity contribution >= 4 is 141 Å². The predicted octanol–water partition coefficient (Wildman–Crippen LogP) is -0.00426. The highest BCUT2D eigenvalue weighted by molar-refractivity contribution is 9.09. The van der Waals surface area contributed by atoms with Crippen LogP contribution in [0.2, 0.25) is 0 Å². The Kier molecular flexibility index (Phi) is 41.6. The molecule has 5 fully saturated rings. The number of carbonyl (C=O) groups is 18. The van der Waals surface area contributed by atoms with E-state index in [-0.39, 0.29) is 106 Å². The zero-order chi connectivity index (χ0) is 87.7. The summed E-state index contributed by atoms with van der Waals surface area (Å²) < 4.78 is 83.7. The highest BCUT2D eigenvalue weighted by atomic mass is 79.9. The number of rotatable bonds is 21. The number of benzene rings is 1. The summed E-state index contributed by atoms with van der Waals surface area (Å²) in [4.78, 5) is 209. The van der Waals surface area contributed by atoms with Gasteiger partial charge in [-0.2, -0.15) is 13.2 Å². The fourth-order valence-corrected chi connectivity index (χ4v) is 9.89. The number of aryl methyl sites for hydroxylation is 1. The molecule has 16 N–H and O–H groups in total. The number of H-pyrrole nitrogens is 1. The number of primary amides is 2. The number of alkyl carbamates (subject to hydrolysis) is 3. The standard InChI is InChI=1S/C23H23FN4O5.C12H20N2O5.C9H14N2O4.C8H12N2O5.C7H12N2O3.C4H8N2O3.C3H7BrO.C2HF3O/c1-11-17(9-15-14-8-13(24)4-5-16(14)26-21(15)30)25-12(2)20(11)22(31)27-18-10-19(29)28(23(18)32)6-7-33-3;1-12(2,3)19-11(17)13-8-7-9(15)14(10(8)16)5-6-18-4;1-9(2,3)15-8(14)10-5-4-6(12)11-7(5)13;1-8(2)14-6(12)4(3-5(9)11)10-7(13)15-8;1-12-3-2-9-6(10)4-5(8)7(9)11;5-2(4(8)9)1-3(6)7;1-5-3-2-4;3-2(4,5)1-6/h4-5,8-9,18,25H,6-7,10H2,1-3H3,(H,26,30)(H,27,31);8H,5-7H2,1-4H3,(H,13,17);5H,4H2,1-3H3,(H,10,14)(H,11,12,13);4H,3H2,1-2H3,(H2,9,11)(H,10,13);5H,2-4,8H2,1H3;2H,1,5H2,(H2,6,7)(H,8,9);2-3H2,1H3;1H/b15-9-;;;;;;;/t18-;8-;5-;4-;5-;2-;;/m000101../s1. The molecular formula is C68H97BrF4N14O27. The van der Waals surface area contributed by atoms with Crippen molar-refractivity contribution in [2.24, 2.45) is 22.9 Å². The number of carboxylic acids is 1. The zero-order valence-corrected chi connectivity index (χ0v) is 66.4. The van der Waals surface area contributed by atoms with Crippen molar-refractivity contribution in [2.45, 2.75) is 167 Å². The van der Waals surface area contributed by atoms with Gasteiger partial charge in [-0.1, -0.05) is 15.9 Å². The van der Waals surface area contributed by atoms with Crippen LogP contribution in [0.25, 0.3) is 11.6 Å². The Balaban J connectivity index is 0.000000698. The highest BCUT2D eigenvalue weighted by Gasteiger charge is 2.43. The van der Waals surface area contributed by atoms with Gasteiger partial charge in [0.15, 0.2) is 0 Å². The first-order valence-electron chi connectivity index (χ1n) is 34.0. The van der Waals surface area contributed by atoms with Crippen LogP contribution in [-0.4, -0.2) is 271 Å². The fraction of sp³-hybridized carbons (Fsp3) is 0.559. The summed E-state index contributed by atoms with van der Waals surface area (Å²) in [7, 11) is 6.16. The van der Waals surface area contributed by atoms with Crippen LogP contribution in [0.1, 0.15) is 127 Å². The lowest BCUT2D eigenvalue weighted by Gasteiger charge is -2.21. The lowest BCUT2D eigenvalue weighted by Crippen LogP contribution is -2.44. The number of carboxylic acid groups (broad SMARTS) is 1. The summed E-state index contributed by atoms with van der Waals surface area (Å²) in [6, 6.07) is -1.48. The average Bonchev–Trinajstić information content (AvgIpc) is 1.63. The van der Waals surface area contributed by atoms with E-state index in [2.05, 4.69) is 63.3 Å². The molecule has 7 heterocycles. The second kappa shape index (κ2) is 46.9. The quantitative estimate of drug-likeness (QED) is 0.0149. The Morgan fingerprint density at radius 3 is 1.54 bits per heavy atom. The zero-order valence-electron chi connectivity index (χ0n) is 64.9. The third-order valence-electron chi connectivity index (χ3n) is 14.6. The lowest BCUT2D eigenvalue weighted by atomic mass is 10.0. The number of nitrogens with zero attached hydrogens (tertiary/aromatic N) is 3. The fourth-order valence-electron chi connectivity index (χ4n) is 9.57. The molecule has 6 aliphatic rings. The number of nitrogens with two attached hydrogens (primary N) is 4. The van der Waals surface area contributed by atoms with Gasteiger partial charge in [-0.3, -0.25) is 87.1 Å². The molecule has 0 saturated carbocycles. The van der Waals surface area contributed by atoms with Crippen LogP contribution in [0.4, 0.5) is 37.6 Å². The van der Waals surface area contributed by atoms with Crippen LogP contribution in [0.15, 0.2) is 18.2 Å². The second-order valence-corrected chi connectivity index (χ2v) is 27.6. The molecule has 0 unspecified atom stereocenters. The first kappa shape index (κ1) is 101. The van der Waals surface area contributed by atoms with Gasteiger partial charge >= 0.3 is 36.4 Å². The van der Waals surface area contributed by atoms with Gasteiger partial charge in [0.25, 0.3) is 29.4 Å². The molecule has 8 rings (SSSR count). The van der Waals surface area contributed by atoms with Gasteiger partial charge in [-0.15, -0.1) is 0 Å². The molecule has 0 bridgehead atoms. The van der Waals surface area contributed by atoms with Crippen LogP contribution in [0.5, 0.6) is 0 Å². The third-order valence-corrected chi connectivity index (χ3v) is 14.9. The van der Waals surface area contributed by atoms with E-state index in [1.165, 1.54) is 53.4 Å². The van der Waals surface area contributed by atoms with Gasteiger partial charge in [-0.05, 0) is 85.2 Å². The molecule has 0 spiro atoms.